The molecule has 10 heteroatoms. The number of nitro groups is 1. The van der Waals surface area contributed by atoms with Gasteiger partial charge in [0, 0.05) is 17.7 Å². The Morgan fingerprint density at radius 1 is 1.42 bits per heavy atom. The van der Waals surface area contributed by atoms with Crippen molar-refractivity contribution in [2.24, 2.45) is 10.5 Å². The second-order valence-corrected chi connectivity index (χ2v) is 10.2. The molecule has 1 aliphatic rings. The Bertz CT molecular complexity index is 928. The summed E-state index contributed by atoms with van der Waals surface area (Å²) in [5.74, 6) is 0.504. The maximum absolute atomic E-state index is 12.1. The number of nitro benzene ring substituents is 1. The van der Waals surface area contributed by atoms with Crippen LogP contribution in [-0.4, -0.2) is 20.3 Å². The summed E-state index contributed by atoms with van der Waals surface area (Å²) in [5.41, 5.74) is 2.21. The molecule has 1 atom stereocenters. The van der Waals surface area contributed by atoms with Gasteiger partial charge in [0.1, 0.15) is 11.5 Å². The number of non-ortho nitro benzene ring substituents is 1. The van der Waals surface area contributed by atoms with Gasteiger partial charge in [-0.2, -0.15) is 5.10 Å². The molecule has 0 aliphatic heterocycles. The molecule has 136 valence electrons. The van der Waals surface area contributed by atoms with Crippen molar-refractivity contribution in [1.29, 1.82) is 0 Å². The topological polar surface area (TPSA) is 97.7 Å². The summed E-state index contributed by atoms with van der Waals surface area (Å²) in [6.45, 7) is 1.82. The van der Waals surface area contributed by atoms with Crippen LogP contribution in [0.2, 0.25) is 5.02 Å². The molecule has 1 fully saturated rings. The number of hydrazone groups is 1. The Kier molecular flexibility index (Phi) is 4.98. The molecule has 0 unspecified atom stereocenters. The van der Waals surface area contributed by atoms with Gasteiger partial charge in [0.2, 0.25) is 5.91 Å². The number of furan rings is 1. The highest BCUT2D eigenvalue weighted by Gasteiger charge is 2.66. The van der Waals surface area contributed by atoms with Gasteiger partial charge in [0.25, 0.3) is 5.69 Å². The van der Waals surface area contributed by atoms with E-state index in [-0.39, 0.29) is 11.6 Å². The van der Waals surface area contributed by atoms with Gasteiger partial charge in [-0.3, -0.25) is 14.9 Å². The minimum absolute atomic E-state index is 0.0889. The van der Waals surface area contributed by atoms with E-state index in [4.69, 9.17) is 16.0 Å². The third-order valence-electron chi connectivity index (χ3n) is 4.17. The normalized spacial score (nSPS) is 20.9. The maximum Gasteiger partial charge on any atom is 0.270 e. The van der Waals surface area contributed by atoms with E-state index in [0.717, 1.165) is 0 Å². The molecule has 0 bridgehead atoms. The Hall–Kier alpha value is -1.71. The van der Waals surface area contributed by atoms with Crippen LogP contribution in [0.5, 0.6) is 0 Å². The number of carbonyl (C=O) groups excluding carboxylic acids is 1. The molecule has 2 aromatic rings. The quantitative estimate of drug-likeness (QED) is 0.272. The molecule has 0 radical (unpaired) electrons. The zero-order valence-electron chi connectivity index (χ0n) is 13.3. The lowest BCUT2D eigenvalue weighted by Crippen LogP contribution is -2.29. The highest BCUT2D eigenvalue weighted by atomic mass is 79.9. The van der Waals surface area contributed by atoms with Crippen LogP contribution in [0.1, 0.15) is 19.1 Å². The number of benzene rings is 1. The highest BCUT2D eigenvalue weighted by Crippen LogP contribution is 2.66. The molecule has 3 rings (SSSR count). The van der Waals surface area contributed by atoms with Crippen molar-refractivity contribution >= 4 is 61.3 Å². The highest BCUT2D eigenvalue weighted by molar-refractivity contribution is 9.25. The Morgan fingerprint density at radius 2 is 2.12 bits per heavy atom. The molecule has 0 saturated heterocycles. The first-order valence-corrected chi connectivity index (χ1v) is 9.36. The van der Waals surface area contributed by atoms with Crippen molar-refractivity contribution in [2.75, 3.05) is 0 Å². The number of rotatable bonds is 5. The zero-order valence-corrected chi connectivity index (χ0v) is 17.3. The monoisotopic (exact) mass is 503 g/mol. The SMILES string of the molecule is C[C@]1(C(=O)NN=Cc2ccc(-c3cc([N+](=O)[O-])ccc3Cl)o2)CC1(Br)Br. The fourth-order valence-electron chi connectivity index (χ4n) is 2.31. The average Bonchev–Trinajstić information content (AvgIpc) is 2.91. The Balaban J connectivity index is 1.72. The first kappa shape index (κ1) is 19.1. The largest absolute Gasteiger partial charge is 0.455 e. The van der Waals surface area contributed by atoms with Crippen molar-refractivity contribution in [2.45, 2.75) is 16.6 Å². The van der Waals surface area contributed by atoms with Gasteiger partial charge in [-0.05, 0) is 31.5 Å². The molecule has 26 heavy (non-hydrogen) atoms. The lowest BCUT2D eigenvalue weighted by Gasteiger charge is -2.09. The van der Waals surface area contributed by atoms with E-state index in [0.29, 0.717) is 28.5 Å². The first-order valence-electron chi connectivity index (χ1n) is 7.39. The number of hydrogen-bond acceptors (Lipinski definition) is 5. The summed E-state index contributed by atoms with van der Waals surface area (Å²) in [4.78, 5) is 22.5. The van der Waals surface area contributed by atoms with Crippen molar-refractivity contribution < 1.29 is 14.1 Å². The van der Waals surface area contributed by atoms with Gasteiger partial charge >= 0.3 is 0 Å². The summed E-state index contributed by atoms with van der Waals surface area (Å²) in [6, 6.07) is 7.34. The second-order valence-electron chi connectivity index (χ2n) is 6.04. The average molecular weight is 506 g/mol. The number of halogens is 3. The van der Waals surface area contributed by atoms with Gasteiger partial charge in [0.15, 0.2) is 0 Å². The van der Waals surface area contributed by atoms with E-state index in [2.05, 4.69) is 42.4 Å². The molecule has 7 nitrogen and oxygen atoms in total. The van der Waals surface area contributed by atoms with Crippen molar-refractivity contribution in [3.8, 4) is 11.3 Å². The lowest BCUT2D eigenvalue weighted by molar-refractivity contribution is -0.384. The van der Waals surface area contributed by atoms with E-state index >= 15 is 0 Å². The molecule has 1 heterocycles. The molecule has 1 N–H and O–H groups in total. The van der Waals surface area contributed by atoms with Gasteiger partial charge < -0.3 is 4.42 Å². The molecule has 1 saturated carbocycles. The summed E-state index contributed by atoms with van der Waals surface area (Å²) < 4.78 is 5.18. The van der Waals surface area contributed by atoms with E-state index in [1.807, 2.05) is 6.92 Å². The fraction of sp³-hybridized carbons (Fsp3) is 0.250. The predicted molar refractivity (Wildman–Crippen MR) is 105 cm³/mol. The van der Waals surface area contributed by atoms with E-state index in [1.54, 1.807) is 12.1 Å². The summed E-state index contributed by atoms with van der Waals surface area (Å²) >= 11 is 12.9. The predicted octanol–water partition coefficient (Wildman–Crippen LogP) is 4.85. The van der Waals surface area contributed by atoms with Crippen LogP contribution in [0.4, 0.5) is 5.69 Å². The second kappa shape index (κ2) is 6.79. The van der Waals surface area contributed by atoms with Crippen LogP contribution in [0.25, 0.3) is 11.3 Å². The fourth-order valence-corrected chi connectivity index (χ4v) is 4.00. The van der Waals surface area contributed by atoms with Crippen LogP contribution in [0, 0.1) is 15.5 Å². The van der Waals surface area contributed by atoms with Crippen LogP contribution >= 0.6 is 43.5 Å². The standard InChI is InChI=1S/C16H12Br2ClN3O4/c1-15(8-16(15,17)18)14(23)21-20-7-10-3-5-13(26-10)11-6-9(22(24)25)2-4-12(11)19/h2-7H,8H2,1H3,(H,21,23)/t15-/m1/s1. The van der Waals surface area contributed by atoms with Gasteiger partial charge in [-0.1, -0.05) is 43.5 Å². The van der Waals surface area contributed by atoms with E-state index in [9.17, 15) is 14.9 Å². The lowest BCUT2D eigenvalue weighted by atomic mass is 10.1. The van der Waals surface area contributed by atoms with Crippen LogP contribution < -0.4 is 5.43 Å². The number of nitrogens with one attached hydrogen (secondary N) is 1. The van der Waals surface area contributed by atoms with E-state index in [1.165, 1.54) is 24.4 Å². The number of hydrogen-bond donors (Lipinski definition) is 1. The molecular formula is C16H12Br2ClN3O4. The van der Waals surface area contributed by atoms with Gasteiger partial charge in [-0.25, -0.2) is 5.43 Å². The third kappa shape index (κ3) is 3.56. The number of amides is 1. The molecule has 1 aliphatic carbocycles. The third-order valence-corrected chi connectivity index (χ3v) is 6.81. The molecule has 1 aromatic carbocycles. The number of carbonyl (C=O) groups is 1. The molecule has 1 aromatic heterocycles. The molecule has 1 amide bonds. The van der Waals surface area contributed by atoms with Crippen LogP contribution in [0.3, 0.4) is 0 Å². The Labute approximate surface area is 170 Å². The Morgan fingerprint density at radius 3 is 2.73 bits per heavy atom. The van der Waals surface area contributed by atoms with E-state index < -0.39 is 13.6 Å². The summed E-state index contributed by atoms with van der Waals surface area (Å²) in [6.07, 6.45) is 2.00. The molecular weight excluding hydrogens is 493 g/mol. The first-order chi connectivity index (χ1) is 12.1. The molecule has 0 spiro atoms. The minimum atomic E-state index is -0.574. The summed E-state index contributed by atoms with van der Waals surface area (Å²) in [5, 5.41) is 15.1. The summed E-state index contributed by atoms with van der Waals surface area (Å²) in [7, 11) is 0. The van der Waals surface area contributed by atoms with Crippen molar-refractivity contribution in [3.05, 3.63) is 51.2 Å². The van der Waals surface area contributed by atoms with Gasteiger partial charge in [-0.15, -0.1) is 0 Å². The van der Waals surface area contributed by atoms with Crippen molar-refractivity contribution in [3.63, 3.8) is 0 Å². The minimum Gasteiger partial charge on any atom is -0.455 e. The smallest absolute Gasteiger partial charge is 0.270 e. The van der Waals surface area contributed by atoms with Crippen LogP contribution in [-0.2, 0) is 4.79 Å². The van der Waals surface area contributed by atoms with Crippen molar-refractivity contribution in [1.82, 2.24) is 5.43 Å². The number of nitrogens with zero attached hydrogens (tertiary/aromatic N) is 2. The number of alkyl halides is 2. The van der Waals surface area contributed by atoms with Gasteiger partial charge in [0.05, 0.1) is 24.8 Å². The maximum atomic E-state index is 12.1. The zero-order chi connectivity index (χ0) is 19.1. The van der Waals surface area contributed by atoms with Crippen LogP contribution in [0.15, 0.2) is 39.9 Å².